The van der Waals surface area contributed by atoms with Gasteiger partial charge in [-0.15, -0.1) is 0 Å². The molecule has 1 aliphatic rings. The van der Waals surface area contributed by atoms with Gasteiger partial charge in [-0.3, -0.25) is 9.59 Å². The minimum absolute atomic E-state index is 0.121. The second kappa shape index (κ2) is 6.72. The fraction of sp³-hybridized carbons (Fsp3) is 0.500. The summed E-state index contributed by atoms with van der Waals surface area (Å²) in [6.07, 6.45) is 3.06. The smallest absolute Gasteiger partial charge is 0.306 e. The summed E-state index contributed by atoms with van der Waals surface area (Å²) in [6.45, 7) is 2.40. The zero-order valence-corrected chi connectivity index (χ0v) is 12.2. The van der Waals surface area contributed by atoms with Gasteiger partial charge in [0.05, 0.1) is 18.6 Å². The third-order valence-electron chi connectivity index (χ3n) is 4.13. The number of primary amides is 1. The molecular weight excluding hydrogens is 270 g/mol. The summed E-state index contributed by atoms with van der Waals surface area (Å²) in [7, 11) is 0. The first kappa shape index (κ1) is 15.5. The first-order chi connectivity index (χ1) is 9.97. The Morgan fingerprint density at radius 3 is 2.48 bits per heavy atom. The number of hydrogen-bond acceptors (Lipinski definition) is 3. The number of carboxylic acids is 1. The van der Waals surface area contributed by atoms with Crippen LogP contribution in [0.5, 0.6) is 0 Å². The summed E-state index contributed by atoms with van der Waals surface area (Å²) < 4.78 is 5.87. The van der Waals surface area contributed by atoms with E-state index in [2.05, 4.69) is 0 Å². The lowest BCUT2D eigenvalue weighted by Gasteiger charge is -2.26. The monoisotopic (exact) mass is 291 g/mol. The van der Waals surface area contributed by atoms with E-state index in [0.29, 0.717) is 25.0 Å². The summed E-state index contributed by atoms with van der Waals surface area (Å²) in [5.41, 5.74) is 7.75. The van der Waals surface area contributed by atoms with Crippen LogP contribution in [0.3, 0.4) is 0 Å². The Kier molecular flexibility index (Phi) is 4.96. The molecule has 1 aliphatic carbocycles. The van der Waals surface area contributed by atoms with Crippen LogP contribution in [-0.4, -0.2) is 23.1 Å². The van der Waals surface area contributed by atoms with Crippen LogP contribution in [0.15, 0.2) is 18.2 Å². The molecule has 0 radical (unpaired) electrons. The second-order valence-corrected chi connectivity index (χ2v) is 5.63. The van der Waals surface area contributed by atoms with Crippen molar-refractivity contribution in [2.75, 3.05) is 0 Å². The molecule has 2 rings (SSSR count). The van der Waals surface area contributed by atoms with E-state index >= 15 is 0 Å². The molecule has 5 heteroatoms. The molecule has 0 heterocycles. The van der Waals surface area contributed by atoms with E-state index in [0.717, 1.165) is 24.0 Å². The van der Waals surface area contributed by atoms with Gasteiger partial charge in [0.15, 0.2) is 0 Å². The lowest BCUT2D eigenvalue weighted by atomic mass is 9.87. The lowest BCUT2D eigenvalue weighted by Crippen LogP contribution is -2.26. The van der Waals surface area contributed by atoms with Crippen molar-refractivity contribution in [1.82, 2.24) is 0 Å². The van der Waals surface area contributed by atoms with Crippen molar-refractivity contribution in [3.63, 3.8) is 0 Å². The number of carboxylic acid groups (broad SMARTS) is 1. The molecule has 114 valence electrons. The highest BCUT2D eigenvalue weighted by molar-refractivity contribution is 5.93. The Morgan fingerprint density at radius 1 is 1.29 bits per heavy atom. The standard InChI is InChI=1S/C16H21NO4/c1-10-8-12(15(17)18)2-3-13(10)9-21-14-6-4-11(5-7-14)16(19)20/h2-3,8,11,14H,4-7,9H2,1H3,(H2,17,18)(H,19,20). The van der Waals surface area contributed by atoms with Crippen LogP contribution in [0, 0.1) is 12.8 Å². The molecule has 1 amide bonds. The minimum atomic E-state index is -0.702. The SMILES string of the molecule is Cc1cc(C(N)=O)ccc1COC1CCC(C(=O)O)CC1. The summed E-state index contributed by atoms with van der Waals surface area (Å²) in [5.74, 6) is -1.36. The number of carbonyl (C=O) groups excluding carboxylic acids is 1. The van der Waals surface area contributed by atoms with Crippen LogP contribution >= 0.6 is 0 Å². The van der Waals surface area contributed by atoms with E-state index in [1.54, 1.807) is 12.1 Å². The maximum absolute atomic E-state index is 11.1. The Bertz CT molecular complexity index is 533. The van der Waals surface area contributed by atoms with Crippen LogP contribution in [0.2, 0.25) is 0 Å². The highest BCUT2D eigenvalue weighted by Gasteiger charge is 2.26. The van der Waals surface area contributed by atoms with Gasteiger partial charge in [-0.1, -0.05) is 6.07 Å². The number of ether oxygens (including phenoxy) is 1. The third kappa shape index (κ3) is 4.04. The molecule has 1 fully saturated rings. The van der Waals surface area contributed by atoms with Crippen molar-refractivity contribution in [1.29, 1.82) is 0 Å². The molecule has 3 N–H and O–H groups in total. The zero-order valence-electron chi connectivity index (χ0n) is 12.2. The van der Waals surface area contributed by atoms with E-state index in [-0.39, 0.29) is 12.0 Å². The van der Waals surface area contributed by atoms with E-state index in [1.165, 1.54) is 0 Å². The van der Waals surface area contributed by atoms with E-state index in [4.69, 9.17) is 15.6 Å². The summed E-state index contributed by atoms with van der Waals surface area (Å²) >= 11 is 0. The van der Waals surface area contributed by atoms with Crippen molar-refractivity contribution < 1.29 is 19.4 Å². The van der Waals surface area contributed by atoms with Gasteiger partial charge < -0.3 is 15.6 Å². The number of amides is 1. The largest absolute Gasteiger partial charge is 0.481 e. The fourth-order valence-electron chi connectivity index (χ4n) is 2.70. The number of aliphatic carboxylic acids is 1. The maximum atomic E-state index is 11.1. The lowest BCUT2D eigenvalue weighted by molar-refractivity contribution is -0.143. The molecule has 0 atom stereocenters. The highest BCUT2D eigenvalue weighted by atomic mass is 16.5. The average molecular weight is 291 g/mol. The molecule has 0 bridgehead atoms. The normalized spacial score (nSPS) is 22.0. The molecule has 0 aromatic heterocycles. The summed E-state index contributed by atoms with van der Waals surface area (Å²) in [5, 5.41) is 8.96. The first-order valence-corrected chi connectivity index (χ1v) is 7.21. The maximum Gasteiger partial charge on any atom is 0.306 e. The second-order valence-electron chi connectivity index (χ2n) is 5.63. The molecule has 21 heavy (non-hydrogen) atoms. The highest BCUT2D eigenvalue weighted by Crippen LogP contribution is 2.27. The van der Waals surface area contributed by atoms with Gasteiger partial charge in [0.25, 0.3) is 0 Å². The number of hydrogen-bond donors (Lipinski definition) is 2. The van der Waals surface area contributed by atoms with Gasteiger partial charge in [-0.25, -0.2) is 0 Å². The molecule has 1 saturated carbocycles. The van der Waals surface area contributed by atoms with Gasteiger partial charge in [-0.05, 0) is 55.9 Å². The quantitative estimate of drug-likeness (QED) is 0.870. The molecular formula is C16H21NO4. The first-order valence-electron chi connectivity index (χ1n) is 7.21. The molecule has 1 aromatic rings. The van der Waals surface area contributed by atoms with Gasteiger partial charge in [0.1, 0.15) is 0 Å². The molecule has 0 spiro atoms. The number of carbonyl (C=O) groups is 2. The Hall–Kier alpha value is -1.88. The zero-order chi connectivity index (χ0) is 15.4. The van der Waals surface area contributed by atoms with Crippen LogP contribution in [0.25, 0.3) is 0 Å². The van der Waals surface area contributed by atoms with Crippen molar-refractivity contribution in [2.24, 2.45) is 11.7 Å². The molecule has 0 unspecified atom stereocenters. The Morgan fingerprint density at radius 2 is 1.95 bits per heavy atom. The fourth-order valence-corrected chi connectivity index (χ4v) is 2.70. The predicted octanol–water partition coefficient (Wildman–Crippen LogP) is 2.25. The Balaban J connectivity index is 1.87. The van der Waals surface area contributed by atoms with Gasteiger partial charge in [-0.2, -0.15) is 0 Å². The summed E-state index contributed by atoms with van der Waals surface area (Å²) in [4.78, 5) is 22.0. The van der Waals surface area contributed by atoms with Gasteiger partial charge >= 0.3 is 5.97 Å². The summed E-state index contributed by atoms with van der Waals surface area (Å²) in [6, 6.07) is 5.33. The number of aryl methyl sites for hydroxylation is 1. The van der Waals surface area contributed by atoms with Gasteiger partial charge in [0.2, 0.25) is 5.91 Å². The minimum Gasteiger partial charge on any atom is -0.481 e. The molecule has 1 aromatic carbocycles. The van der Waals surface area contributed by atoms with Crippen LogP contribution < -0.4 is 5.73 Å². The molecule has 0 aliphatic heterocycles. The topological polar surface area (TPSA) is 89.6 Å². The Labute approximate surface area is 124 Å². The number of benzene rings is 1. The predicted molar refractivity (Wildman–Crippen MR) is 77.9 cm³/mol. The number of rotatable bonds is 5. The van der Waals surface area contributed by atoms with Crippen molar-refractivity contribution >= 4 is 11.9 Å². The van der Waals surface area contributed by atoms with Crippen molar-refractivity contribution in [2.45, 2.75) is 45.3 Å². The van der Waals surface area contributed by atoms with Gasteiger partial charge in [0, 0.05) is 5.56 Å². The van der Waals surface area contributed by atoms with Crippen LogP contribution in [0.4, 0.5) is 0 Å². The average Bonchev–Trinajstić information content (AvgIpc) is 2.46. The van der Waals surface area contributed by atoms with Crippen LogP contribution in [-0.2, 0) is 16.1 Å². The number of nitrogens with two attached hydrogens (primary N) is 1. The van der Waals surface area contributed by atoms with Crippen molar-refractivity contribution in [3.05, 3.63) is 34.9 Å². The van der Waals surface area contributed by atoms with E-state index in [1.807, 2.05) is 13.0 Å². The molecule has 5 nitrogen and oxygen atoms in total. The third-order valence-corrected chi connectivity index (χ3v) is 4.13. The molecule has 0 saturated heterocycles. The van der Waals surface area contributed by atoms with E-state index in [9.17, 15) is 9.59 Å². The van der Waals surface area contributed by atoms with E-state index < -0.39 is 11.9 Å². The van der Waals surface area contributed by atoms with Crippen molar-refractivity contribution in [3.8, 4) is 0 Å². The van der Waals surface area contributed by atoms with Crippen LogP contribution in [0.1, 0.15) is 47.2 Å².